The third kappa shape index (κ3) is 6.66. The molecule has 0 rings (SSSR count). The van der Waals surface area contributed by atoms with E-state index in [4.69, 9.17) is 5.11 Å². The van der Waals surface area contributed by atoms with Crippen LogP contribution in [0, 0.1) is 0 Å². The van der Waals surface area contributed by atoms with E-state index in [0.29, 0.717) is 5.41 Å². The van der Waals surface area contributed by atoms with Crippen molar-refractivity contribution in [2.75, 3.05) is 13.4 Å². The Labute approximate surface area is 92.6 Å². The zero-order chi connectivity index (χ0) is 9.07. The normalized spacial score (nSPS) is 11.7. The zero-order valence-corrected chi connectivity index (χ0v) is 6.88. The number of ether oxygens (including phenoxy) is 1. The Bertz CT molecular complexity index is 278. The predicted molar refractivity (Wildman–Crippen MR) is 44.7 cm³/mol. The second kappa shape index (κ2) is 5.58. The first-order chi connectivity index (χ1) is 4.87. The van der Waals surface area contributed by atoms with Crippen LogP contribution in [0.2, 0.25) is 0 Å². The number of esters is 1. The van der Waals surface area contributed by atoms with Gasteiger partial charge in [0.25, 0.3) is 0 Å². The fraction of sp³-hybridized carbons (Fsp3) is 0.400. The van der Waals surface area contributed by atoms with E-state index < -0.39 is 21.6 Å². The first-order valence-corrected chi connectivity index (χ1v) is 4.51. The molecule has 0 amide bonds. The van der Waals surface area contributed by atoms with Crippen molar-refractivity contribution in [1.29, 1.82) is 0 Å². The van der Waals surface area contributed by atoms with Crippen LogP contribution in [0.5, 0.6) is 0 Å². The molecule has 0 unspecified atom stereocenters. The van der Waals surface area contributed by atoms with E-state index in [9.17, 15) is 13.2 Å². The number of hydrogen-bond donors (Lipinski definition) is 1. The molecule has 12 heavy (non-hydrogen) atoms. The summed E-state index contributed by atoms with van der Waals surface area (Å²) >= 11 is 0. The Morgan fingerprint density at radius 3 is 2.17 bits per heavy atom. The van der Waals surface area contributed by atoms with Crippen molar-refractivity contribution in [3.63, 3.8) is 0 Å². The van der Waals surface area contributed by atoms with Gasteiger partial charge in [-0.05, 0) is 0 Å². The molecule has 0 aliphatic rings. The van der Waals surface area contributed by atoms with E-state index in [-0.39, 0.29) is 29.6 Å². The molecule has 0 saturated heterocycles. The van der Waals surface area contributed by atoms with Gasteiger partial charge in [0.2, 0.25) is 5.76 Å². The van der Waals surface area contributed by atoms with Crippen LogP contribution in [-0.4, -0.2) is 62.4 Å². The number of rotatable bonds is 2. The summed E-state index contributed by atoms with van der Waals surface area (Å²) in [5.74, 6) is -1.99. The summed E-state index contributed by atoms with van der Waals surface area (Å²) in [6.07, 6.45) is 0.853. The monoisotopic (exact) mass is 204 g/mol. The minimum atomic E-state index is -3.49. The second-order valence-electron chi connectivity index (χ2n) is 1.82. The topological polar surface area (TPSA) is 80.7 Å². The number of sulfone groups is 1. The predicted octanol–water partition coefficient (Wildman–Crippen LogP) is -1.05. The van der Waals surface area contributed by atoms with Crippen LogP contribution in [0.4, 0.5) is 0 Å². The van der Waals surface area contributed by atoms with Gasteiger partial charge in [-0.1, -0.05) is 0 Å². The summed E-state index contributed by atoms with van der Waals surface area (Å²) in [7, 11) is -2.45. The average Bonchev–Trinajstić information content (AvgIpc) is 1.82. The number of carbonyl (C=O) groups excluding carboxylic acids is 1. The molecule has 0 aromatic carbocycles. The summed E-state index contributed by atoms with van der Waals surface area (Å²) in [5, 5.41) is 9.09. The van der Waals surface area contributed by atoms with E-state index in [2.05, 4.69) is 4.74 Å². The fourth-order valence-electron chi connectivity index (χ4n) is 0.355. The number of carbonyl (C=O) groups is 1. The second-order valence-corrected chi connectivity index (χ2v) is 3.72. The maximum atomic E-state index is 10.4. The first-order valence-electron chi connectivity index (χ1n) is 2.56. The van der Waals surface area contributed by atoms with Crippen molar-refractivity contribution >= 4 is 45.4 Å². The van der Waals surface area contributed by atoms with Gasteiger partial charge in [-0.2, -0.15) is 0 Å². The molecule has 0 aliphatic heterocycles. The SMILES string of the molecule is COC(=O)C(O)=CS(C)(=O)=O.[NaH]. The van der Waals surface area contributed by atoms with E-state index in [1.54, 1.807) is 0 Å². The molecule has 0 aromatic rings. The van der Waals surface area contributed by atoms with Crippen LogP contribution in [0.1, 0.15) is 0 Å². The molecule has 0 fully saturated rings. The Morgan fingerprint density at radius 1 is 1.50 bits per heavy atom. The van der Waals surface area contributed by atoms with Crippen LogP contribution in [0.3, 0.4) is 0 Å². The summed E-state index contributed by atoms with van der Waals surface area (Å²) in [5.41, 5.74) is 0. The number of aliphatic hydroxyl groups excluding tert-OH is 1. The Morgan fingerprint density at radius 2 is 1.92 bits per heavy atom. The maximum absolute atomic E-state index is 10.4. The van der Waals surface area contributed by atoms with Crippen LogP contribution < -0.4 is 0 Å². The Kier molecular flexibility index (Phi) is 6.73. The van der Waals surface area contributed by atoms with E-state index in [1.165, 1.54) is 0 Å². The summed E-state index contributed by atoms with van der Waals surface area (Å²) in [4.78, 5) is 10.4. The Balaban J connectivity index is 0. The molecule has 5 nitrogen and oxygen atoms in total. The molecule has 66 valence electrons. The van der Waals surface area contributed by atoms with E-state index in [1.807, 2.05) is 0 Å². The van der Waals surface area contributed by atoms with Gasteiger partial charge in [0, 0.05) is 6.26 Å². The van der Waals surface area contributed by atoms with Crippen molar-refractivity contribution in [3.05, 3.63) is 11.2 Å². The molecule has 0 atom stereocenters. The van der Waals surface area contributed by atoms with Crippen LogP contribution in [0.15, 0.2) is 11.2 Å². The summed E-state index contributed by atoms with van der Waals surface area (Å²) < 4.78 is 24.9. The van der Waals surface area contributed by atoms with Crippen molar-refractivity contribution in [2.24, 2.45) is 0 Å². The third-order valence-electron chi connectivity index (χ3n) is 0.720. The minimum absolute atomic E-state index is 0. The van der Waals surface area contributed by atoms with Crippen LogP contribution in [-0.2, 0) is 19.4 Å². The fourth-order valence-corrected chi connectivity index (χ4v) is 0.857. The standard InChI is InChI=1S/C5H8O5S.Na.H/c1-10-5(7)4(6)3-11(2,8)9;;/h3,6H,1-2H3;;. The Hall–Kier alpha value is -0.0400. The van der Waals surface area contributed by atoms with Gasteiger partial charge >= 0.3 is 35.5 Å². The number of methoxy groups -OCH3 is 1. The number of aliphatic hydroxyl groups is 1. The number of hydrogen-bond acceptors (Lipinski definition) is 5. The molecular formula is C5H9NaO5S. The van der Waals surface area contributed by atoms with Gasteiger partial charge < -0.3 is 9.84 Å². The summed E-state index contributed by atoms with van der Waals surface area (Å²) in [6.45, 7) is 0. The van der Waals surface area contributed by atoms with Gasteiger partial charge in [-0.3, -0.25) is 0 Å². The molecule has 1 N–H and O–H groups in total. The van der Waals surface area contributed by atoms with Gasteiger partial charge in [0.1, 0.15) is 0 Å². The molecule has 0 bridgehead atoms. The van der Waals surface area contributed by atoms with Crippen molar-refractivity contribution in [3.8, 4) is 0 Å². The van der Waals surface area contributed by atoms with Crippen molar-refractivity contribution in [2.45, 2.75) is 0 Å². The first kappa shape index (κ1) is 14.5. The third-order valence-corrected chi connectivity index (χ3v) is 1.37. The molecule has 0 saturated carbocycles. The molecule has 0 radical (unpaired) electrons. The van der Waals surface area contributed by atoms with Crippen molar-refractivity contribution in [1.82, 2.24) is 0 Å². The average molecular weight is 204 g/mol. The molecule has 0 aromatic heterocycles. The van der Waals surface area contributed by atoms with Crippen LogP contribution in [0.25, 0.3) is 0 Å². The molecule has 0 aliphatic carbocycles. The molecule has 7 heteroatoms. The van der Waals surface area contributed by atoms with Crippen LogP contribution >= 0.6 is 0 Å². The van der Waals surface area contributed by atoms with E-state index in [0.717, 1.165) is 13.4 Å². The quantitative estimate of drug-likeness (QED) is 0.269. The molecular weight excluding hydrogens is 195 g/mol. The summed E-state index contributed by atoms with van der Waals surface area (Å²) in [6, 6.07) is 0. The van der Waals surface area contributed by atoms with Gasteiger partial charge in [0.15, 0.2) is 9.84 Å². The zero-order valence-electron chi connectivity index (χ0n) is 6.07. The van der Waals surface area contributed by atoms with Gasteiger partial charge in [-0.25, -0.2) is 13.2 Å². The molecule has 0 heterocycles. The van der Waals surface area contributed by atoms with Crippen molar-refractivity contribution < 1.29 is 23.1 Å². The van der Waals surface area contributed by atoms with Gasteiger partial charge in [-0.15, -0.1) is 0 Å². The van der Waals surface area contributed by atoms with E-state index >= 15 is 0 Å². The molecule has 0 spiro atoms. The van der Waals surface area contributed by atoms with Gasteiger partial charge in [0.05, 0.1) is 12.5 Å².